The highest BCUT2D eigenvalue weighted by molar-refractivity contribution is 6.33. The summed E-state index contributed by atoms with van der Waals surface area (Å²) in [6, 6.07) is 17.7. The van der Waals surface area contributed by atoms with Crippen LogP contribution in [0.3, 0.4) is 0 Å². The molecule has 1 heterocycles. The molecule has 1 N–H and O–H groups in total. The first-order valence-electron chi connectivity index (χ1n) is 11.2. The van der Waals surface area contributed by atoms with Crippen molar-refractivity contribution in [2.24, 2.45) is 5.10 Å². The number of benzene rings is 3. The van der Waals surface area contributed by atoms with E-state index in [-0.39, 0.29) is 11.4 Å². The van der Waals surface area contributed by atoms with Crippen LogP contribution < -0.4 is 10.3 Å². The Kier molecular flexibility index (Phi) is 6.25. The molecule has 1 atom stereocenters. The molecule has 0 radical (unpaired) electrons. The van der Waals surface area contributed by atoms with Crippen LogP contribution in [0.1, 0.15) is 67.9 Å². The van der Waals surface area contributed by atoms with Gasteiger partial charge in [0, 0.05) is 28.9 Å². The number of carbonyl (C=O) groups is 1. The standard InChI is InChI=1S/C27H30ClN3O/c1-5-13-31-25-15-24(28)20(14-23(25)18(2)16-27(31,3)4)17-29-30-26(32)22-12-8-10-19-9-6-7-11-21(19)22/h6-12,14-15,17-18H,5,13,16H2,1-4H3,(H,30,32)/b29-17-. The molecule has 3 aromatic carbocycles. The Labute approximate surface area is 195 Å². The molecule has 0 bridgehead atoms. The lowest BCUT2D eigenvalue weighted by Crippen LogP contribution is -2.48. The van der Waals surface area contributed by atoms with Gasteiger partial charge in [-0.2, -0.15) is 5.10 Å². The van der Waals surface area contributed by atoms with Crippen molar-refractivity contribution in [1.82, 2.24) is 5.43 Å². The molecular weight excluding hydrogens is 418 g/mol. The van der Waals surface area contributed by atoms with Crippen molar-refractivity contribution >= 4 is 40.2 Å². The van der Waals surface area contributed by atoms with Crippen LogP contribution >= 0.6 is 11.6 Å². The Morgan fingerprint density at radius 2 is 1.97 bits per heavy atom. The average Bonchev–Trinajstić information content (AvgIpc) is 2.76. The zero-order valence-corrected chi connectivity index (χ0v) is 19.9. The molecule has 5 heteroatoms. The Balaban J connectivity index is 1.59. The molecule has 0 fully saturated rings. The van der Waals surface area contributed by atoms with Crippen LogP contribution in [0.4, 0.5) is 5.69 Å². The van der Waals surface area contributed by atoms with Crippen molar-refractivity contribution < 1.29 is 4.79 Å². The molecular formula is C27H30ClN3O. The van der Waals surface area contributed by atoms with Gasteiger partial charge in [-0.05, 0) is 67.1 Å². The minimum absolute atomic E-state index is 0.0911. The number of carbonyl (C=O) groups excluding carboxylic acids is 1. The SMILES string of the molecule is CCCN1c2cc(Cl)c(/C=N\NC(=O)c3cccc4ccccc34)cc2C(C)CC1(C)C. The van der Waals surface area contributed by atoms with E-state index in [1.807, 2.05) is 42.5 Å². The van der Waals surface area contributed by atoms with E-state index in [1.54, 1.807) is 6.21 Å². The van der Waals surface area contributed by atoms with Crippen molar-refractivity contribution in [3.05, 3.63) is 76.3 Å². The second-order valence-corrected chi connectivity index (χ2v) is 9.63. The summed E-state index contributed by atoms with van der Waals surface area (Å²) in [5.74, 6) is 0.180. The van der Waals surface area contributed by atoms with E-state index in [4.69, 9.17) is 11.6 Å². The Morgan fingerprint density at radius 1 is 1.22 bits per heavy atom. The molecule has 0 aromatic heterocycles. The first kappa shape index (κ1) is 22.3. The van der Waals surface area contributed by atoms with Gasteiger partial charge in [0.1, 0.15) is 0 Å². The van der Waals surface area contributed by atoms with Crippen LogP contribution in [0, 0.1) is 0 Å². The maximum Gasteiger partial charge on any atom is 0.271 e. The number of anilines is 1. The number of fused-ring (bicyclic) bond motifs is 2. The van der Waals surface area contributed by atoms with Gasteiger partial charge in [0.15, 0.2) is 0 Å². The van der Waals surface area contributed by atoms with Gasteiger partial charge in [-0.15, -0.1) is 0 Å². The fraction of sp³-hybridized carbons (Fsp3) is 0.333. The summed E-state index contributed by atoms with van der Waals surface area (Å²) in [7, 11) is 0. The fourth-order valence-corrected chi connectivity index (χ4v) is 5.12. The second-order valence-electron chi connectivity index (χ2n) is 9.23. The highest BCUT2D eigenvalue weighted by atomic mass is 35.5. The van der Waals surface area contributed by atoms with Crippen molar-refractivity contribution in [3.8, 4) is 0 Å². The third-order valence-electron chi connectivity index (χ3n) is 6.36. The molecule has 0 saturated carbocycles. The van der Waals surface area contributed by atoms with Crippen LogP contribution in [-0.2, 0) is 0 Å². The second kappa shape index (κ2) is 8.95. The first-order chi connectivity index (χ1) is 15.3. The van der Waals surface area contributed by atoms with Crippen LogP contribution in [0.5, 0.6) is 0 Å². The number of hydrogen-bond acceptors (Lipinski definition) is 3. The van der Waals surface area contributed by atoms with E-state index in [9.17, 15) is 4.79 Å². The topological polar surface area (TPSA) is 44.7 Å². The van der Waals surface area contributed by atoms with Gasteiger partial charge < -0.3 is 4.90 Å². The molecule has 1 amide bonds. The molecule has 0 saturated heterocycles. The lowest BCUT2D eigenvalue weighted by atomic mass is 9.79. The van der Waals surface area contributed by atoms with Crippen molar-refractivity contribution in [2.75, 3.05) is 11.4 Å². The third-order valence-corrected chi connectivity index (χ3v) is 6.68. The Hall–Kier alpha value is -2.85. The van der Waals surface area contributed by atoms with Crippen LogP contribution in [0.2, 0.25) is 5.02 Å². The predicted molar refractivity (Wildman–Crippen MR) is 135 cm³/mol. The molecule has 32 heavy (non-hydrogen) atoms. The summed E-state index contributed by atoms with van der Waals surface area (Å²) in [5.41, 5.74) is 6.65. The van der Waals surface area contributed by atoms with Crippen molar-refractivity contribution in [2.45, 2.75) is 52.0 Å². The minimum Gasteiger partial charge on any atom is -0.366 e. The molecule has 4 nitrogen and oxygen atoms in total. The van der Waals surface area contributed by atoms with E-state index in [2.05, 4.69) is 55.3 Å². The molecule has 4 rings (SSSR count). The van der Waals surface area contributed by atoms with Crippen LogP contribution in [0.25, 0.3) is 10.8 Å². The summed E-state index contributed by atoms with van der Waals surface area (Å²) in [6.07, 6.45) is 3.80. The number of hydrazone groups is 1. The lowest BCUT2D eigenvalue weighted by Gasteiger charge is -2.47. The van der Waals surface area contributed by atoms with Gasteiger partial charge in [-0.1, -0.05) is 61.8 Å². The molecule has 0 spiro atoms. The van der Waals surface area contributed by atoms with E-state index in [0.29, 0.717) is 16.5 Å². The van der Waals surface area contributed by atoms with E-state index in [0.717, 1.165) is 35.7 Å². The quantitative estimate of drug-likeness (QED) is 0.347. The van der Waals surface area contributed by atoms with E-state index in [1.165, 1.54) is 11.3 Å². The number of hydrogen-bond donors (Lipinski definition) is 1. The first-order valence-corrected chi connectivity index (χ1v) is 11.6. The summed E-state index contributed by atoms with van der Waals surface area (Å²) >= 11 is 6.65. The Morgan fingerprint density at radius 3 is 2.75 bits per heavy atom. The molecule has 1 unspecified atom stereocenters. The zero-order valence-electron chi connectivity index (χ0n) is 19.2. The number of nitrogens with zero attached hydrogens (tertiary/aromatic N) is 2. The molecule has 0 aliphatic carbocycles. The normalized spacial score (nSPS) is 17.5. The van der Waals surface area contributed by atoms with E-state index < -0.39 is 0 Å². The fourth-order valence-electron chi connectivity index (χ4n) is 4.91. The van der Waals surface area contributed by atoms with Crippen LogP contribution in [0.15, 0.2) is 59.7 Å². The maximum absolute atomic E-state index is 12.7. The largest absolute Gasteiger partial charge is 0.366 e. The smallest absolute Gasteiger partial charge is 0.271 e. The molecule has 1 aliphatic heterocycles. The summed E-state index contributed by atoms with van der Waals surface area (Å²) in [6.45, 7) is 10.1. The van der Waals surface area contributed by atoms with Gasteiger partial charge >= 0.3 is 0 Å². The van der Waals surface area contributed by atoms with Gasteiger partial charge in [0.05, 0.1) is 11.2 Å². The highest BCUT2D eigenvalue weighted by Gasteiger charge is 2.36. The van der Waals surface area contributed by atoms with Crippen LogP contribution in [-0.4, -0.2) is 24.2 Å². The number of amides is 1. The lowest BCUT2D eigenvalue weighted by molar-refractivity contribution is 0.0957. The highest BCUT2D eigenvalue weighted by Crippen LogP contribution is 2.45. The monoisotopic (exact) mass is 447 g/mol. The third kappa shape index (κ3) is 4.24. The van der Waals surface area contributed by atoms with Gasteiger partial charge in [-0.25, -0.2) is 5.43 Å². The Bertz CT molecular complexity index is 1180. The number of nitrogens with one attached hydrogen (secondary N) is 1. The number of halogens is 1. The van der Waals surface area contributed by atoms with Gasteiger partial charge in [0.2, 0.25) is 0 Å². The van der Waals surface area contributed by atoms with Gasteiger partial charge in [-0.3, -0.25) is 4.79 Å². The average molecular weight is 448 g/mol. The number of rotatable bonds is 5. The molecule has 3 aromatic rings. The predicted octanol–water partition coefficient (Wildman–Crippen LogP) is 6.76. The summed E-state index contributed by atoms with van der Waals surface area (Å²) in [5, 5.41) is 6.79. The van der Waals surface area contributed by atoms with Gasteiger partial charge in [0.25, 0.3) is 5.91 Å². The van der Waals surface area contributed by atoms with Crippen molar-refractivity contribution in [3.63, 3.8) is 0 Å². The molecule has 1 aliphatic rings. The summed E-state index contributed by atoms with van der Waals surface area (Å²) < 4.78 is 0. The minimum atomic E-state index is -0.239. The zero-order chi connectivity index (χ0) is 22.9. The summed E-state index contributed by atoms with van der Waals surface area (Å²) in [4.78, 5) is 15.2. The molecule has 166 valence electrons. The van der Waals surface area contributed by atoms with E-state index >= 15 is 0 Å². The maximum atomic E-state index is 12.7. The van der Waals surface area contributed by atoms with Crippen molar-refractivity contribution in [1.29, 1.82) is 0 Å².